The third kappa shape index (κ3) is 5.59. The molecule has 0 unspecified atom stereocenters. The van der Waals surface area contributed by atoms with Crippen LogP contribution in [0.15, 0.2) is 0 Å². The highest BCUT2D eigenvalue weighted by atomic mass is 16.7. The number of urea groups is 1. The predicted molar refractivity (Wildman–Crippen MR) is 61.9 cm³/mol. The summed E-state index contributed by atoms with van der Waals surface area (Å²) < 4.78 is 10.7. The largest absolute Gasteiger partial charge is 0.351 e. The van der Waals surface area contributed by atoms with E-state index < -0.39 is 6.29 Å². The summed E-state index contributed by atoms with van der Waals surface area (Å²) in [6.07, 6.45) is 4.76. The van der Waals surface area contributed by atoms with Gasteiger partial charge in [-0.2, -0.15) is 0 Å². The smallest absolute Gasteiger partial charge is 0.318 e. The van der Waals surface area contributed by atoms with E-state index in [9.17, 15) is 4.79 Å². The monoisotopic (exact) mass is 228 g/mol. The Kier molecular flexibility index (Phi) is 8.31. The van der Waals surface area contributed by atoms with E-state index in [-0.39, 0.29) is 12.6 Å². The maximum absolute atomic E-state index is 11.5. The minimum Gasteiger partial charge on any atom is -0.351 e. The quantitative estimate of drug-likeness (QED) is 0.514. The summed E-state index contributed by atoms with van der Waals surface area (Å²) in [5.74, 6) is 2.43. The number of ether oxygens (including phenoxy) is 2. The summed E-state index contributed by atoms with van der Waals surface area (Å²) in [6, 6.07) is -0.234. The molecular formula is C11H20N2O3. The van der Waals surface area contributed by atoms with Crippen LogP contribution in [0.4, 0.5) is 4.79 Å². The molecule has 0 aliphatic heterocycles. The molecule has 1 N–H and O–H groups in total. The first kappa shape index (κ1) is 14.8. The van der Waals surface area contributed by atoms with Crippen LogP contribution in [0.2, 0.25) is 0 Å². The van der Waals surface area contributed by atoms with E-state index in [1.165, 1.54) is 4.90 Å². The zero-order chi connectivity index (χ0) is 12.4. The van der Waals surface area contributed by atoms with Gasteiger partial charge in [-0.1, -0.05) is 5.92 Å². The Morgan fingerprint density at radius 1 is 1.44 bits per heavy atom. The third-order valence-electron chi connectivity index (χ3n) is 1.86. The lowest BCUT2D eigenvalue weighted by molar-refractivity contribution is -0.142. The Labute approximate surface area is 97.1 Å². The van der Waals surface area contributed by atoms with Crippen LogP contribution in [0.3, 0.4) is 0 Å². The lowest BCUT2D eigenvalue weighted by Crippen LogP contribution is -2.44. The van der Waals surface area contributed by atoms with Crippen LogP contribution in [0.1, 0.15) is 13.8 Å². The standard InChI is InChI=1S/C11H20N2O3/c1-5-8-13(11(14)12-4)9-10(15-6-2)16-7-3/h1,10H,6-9H2,2-4H3,(H,12,14). The van der Waals surface area contributed by atoms with Crippen LogP contribution < -0.4 is 5.32 Å². The molecule has 2 amide bonds. The number of carbonyl (C=O) groups excluding carboxylic acids is 1. The Hall–Kier alpha value is -1.25. The number of terminal acetylenes is 1. The van der Waals surface area contributed by atoms with Crippen molar-refractivity contribution >= 4 is 6.03 Å². The lowest BCUT2D eigenvalue weighted by atomic mass is 10.4. The van der Waals surface area contributed by atoms with Crippen LogP contribution in [0, 0.1) is 12.3 Å². The highest BCUT2D eigenvalue weighted by Crippen LogP contribution is 2.00. The van der Waals surface area contributed by atoms with E-state index in [2.05, 4.69) is 11.2 Å². The second-order valence-electron chi connectivity index (χ2n) is 2.98. The number of nitrogens with one attached hydrogen (secondary N) is 1. The molecule has 0 saturated heterocycles. The second kappa shape index (κ2) is 9.01. The fourth-order valence-corrected chi connectivity index (χ4v) is 1.19. The third-order valence-corrected chi connectivity index (χ3v) is 1.86. The van der Waals surface area contributed by atoms with Crippen molar-refractivity contribution in [1.29, 1.82) is 0 Å². The number of hydrogen-bond donors (Lipinski definition) is 1. The van der Waals surface area contributed by atoms with Crippen molar-refractivity contribution in [1.82, 2.24) is 10.2 Å². The van der Waals surface area contributed by atoms with Gasteiger partial charge in [0.05, 0.1) is 13.1 Å². The molecule has 16 heavy (non-hydrogen) atoms. The highest BCUT2D eigenvalue weighted by Gasteiger charge is 2.17. The first-order chi connectivity index (χ1) is 7.69. The van der Waals surface area contributed by atoms with Crippen LogP contribution >= 0.6 is 0 Å². The molecule has 0 aromatic carbocycles. The molecule has 92 valence electrons. The maximum atomic E-state index is 11.5. The van der Waals surface area contributed by atoms with Crippen molar-refractivity contribution in [3.8, 4) is 12.3 Å². The number of hydrogen-bond acceptors (Lipinski definition) is 3. The van der Waals surface area contributed by atoms with Gasteiger partial charge in [0.2, 0.25) is 0 Å². The normalized spacial score (nSPS) is 9.94. The molecule has 0 aromatic rings. The van der Waals surface area contributed by atoms with E-state index in [1.54, 1.807) is 7.05 Å². The molecule has 0 aliphatic rings. The highest BCUT2D eigenvalue weighted by molar-refractivity contribution is 5.74. The molecule has 0 rings (SSSR count). The fraction of sp³-hybridized carbons (Fsp3) is 0.727. The lowest BCUT2D eigenvalue weighted by Gasteiger charge is -2.25. The first-order valence-electron chi connectivity index (χ1n) is 5.32. The summed E-state index contributed by atoms with van der Waals surface area (Å²) in [5.41, 5.74) is 0. The van der Waals surface area contributed by atoms with E-state index in [0.717, 1.165) is 0 Å². The van der Waals surface area contributed by atoms with Gasteiger partial charge in [-0.25, -0.2) is 4.79 Å². The molecule has 0 atom stereocenters. The van der Waals surface area contributed by atoms with Gasteiger partial charge in [0.15, 0.2) is 6.29 Å². The zero-order valence-corrected chi connectivity index (χ0v) is 10.2. The van der Waals surface area contributed by atoms with E-state index >= 15 is 0 Å². The van der Waals surface area contributed by atoms with Crippen LogP contribution in [0.5, 0.6) is 0 Å². The van der Waals surface area contributed by atoms with Gasteiger partial charge < -0.3 is 19.7 Å². The maximum Gasteiger partial charge on any atom is 0.318 e. The Morgan fingerprint density at radius 3 is 2.38 bits per heavy atom. The molecule has 5 heteroatoms. The van der Waals surface area contributed by atoms with Gasteiger partial charge in [0, 0.05) is 20.3 Å². The zero-order valence-electron chi connectivity index (χ0n) is 10.2. The van der Waals surface area contributed by atoms with Crippen molar-refractivity contribution in [2.24, 2.45) is 0 Å². The predicted octanol–water partition coefficient (Wildman–Crippen LogP) is 0.660. The molecule has 0 aliphatic carbocycles. The first-order valence-corrected chi connectivity index (χ1v) is 5.32. The summed E-state index contributed by atoms with van der Waals surface area (Å²) in [5, 5.41) is 2.52. The second-order valence-corrected chi connectivity index (χ2v) is 2.98. The van der Waals surface area contributed by atoms with Gasteiger partial charge in [0.1, 0.15) is 0 Å². The molecule has 0 radical (unpaired) electrons. The van der Waals surface area contributed by atoms with Gasteiger partial charge in [0.25, 0.3) is 0 Å². The van der Waals surface area contributed by atoms with E-state index in [0.29, 0.717) is 19.8 Å². The van der Waals surface area contributed by atoms with E-state index in [1.807, 2.05) is 13.8 Å². The van der Waals surface area contributed by atoms with Crippen LogP contribution in [-0.4, -0.2) is 50.6 Å². The number of amides is 2. The van der Waals surface area contributed by atoms with Gasteiger partial charge in [-0.15, -0.1) is 6.42 Å². The Morgan fingerprint density at radius 2 is 2.00 bits per heavy atom. The van der Waals surface area contributed by atoms with Gasteiger partial charge in [-0.05, 0) is 13.8 Å². The van der Waals surface area contributed by atoms with Crippen molar-refractivity contribution in [2.75, 3.05) is 33.4 Å². The van der Waals surface area contributed by atoms with Gasteiger partial charge in [-0.3, -0.25) is 0 Å². The molecule has 0 spiro atoms. The molecule has 0 saturated carbocycles. The molecule has 0 fully saturated rings. The summed E-state index contributed by atoms with van der Waals surface area (Å²) in [6.45, 7) is 5.36. The topological polar surface area (TPSA) is 50.8 Å². The molecular weight excluding hydrogens is 208 g/mol. The molecule has 0 bridgehead atoms. The minimum absolute atomic E-state index is 0.232. The van der Waals surface area contributed by atoms with Crippen molar-refractivity contribution in [3.05, 3.63) is 0 Å². The van der Waals surface area contributed by atoms with Crippen LogP contribution in [0.25, 0.3) is 0 Å². The molecule has 0 heterocycles. The van der Waals surface area contributed by atoms with Crippen molar-refractivity contribution < 1.29 is 14.3 Å². The van der Waals surface area contributed by atoms with Crippen LogP contribution in [-0.2, 0) is 9.47 Å². The van der Waals surface area contributed by atoms with E-state index in [4.69, 9.17) is 15.9 Å². The summed E-state index contributed by atoms with van der Waals surface area (Å²) in [7, 11) is 1.56. The average molecular weight is 228 g/mol. The summed E-state index contributed by atoms with van der Waals surface area (Å²) in [4.78, 5) is 12.9. The summed E-state index contributed by atoms with van der Waals surface area (Å²) >= 11 is 0. The minimum atomic E-state index is -0.430. The fourth-order valence-electron chi connectivity index (χ4n) is 1.19. The number of rotatable bonds is 7. The SMILES string of the molecule is C#CCN(CC(OCC)OCC)C(=O)NC. The Balaban J connectivity index is 4.32. The Bertz CT molecular complexity index is 232. The molecule has 0 aromatic heterocycles. The number of carbonyl (C=O) groups is 1. The number of nitrogens with zero attached hydrogens (tertiary/aromatic N) is 1. The van der Waals surface area contributed by atoms with Gasteiger partial charge >= 0.3 is 6.03 Å². The average Bonchev–Trinajstić information content (AvgIpc) is 2.28. The van der Waals surface area contributed by atoms with Crippen molar-refractivity contribution in [2.45, 2.75) is 20.1 Å². The molecule has 5 nitrogen and oxygen atoms in total. The van der Waals surface area contributed by atoms with Crippen molar-refractivity contribution in [3.63, 3.8) is 0 Å².